The summed E-state index contributed by atoms with van der Waals surface area (Å²) in [6, 6.07) is 1.44. The Morgan fingerprint density at radius 3 is 3.08 bits per heavy atom. The highest BCUT2D eigenvalue weighted by Gasteiger charge is 2.04. The number of nitrogens with zero attached hydrogens (tertiary/aromatic N) is 2. The first-order valence-electron chi connectivity index (χ1n) is 3.71. The minimum atomic E-state index is -0.246. The number of hydrogen-bond acceptors (Lipinski definition) is 4. The standard InChI is InChI=1S/C8H11N3O2/c1-3-4-11-7(12)5-6(9)10-8(11)13-2/h3,5H,1,4,9H2,2H3. The first-order chi connectivity index (χ1) is 6.19. The van der Waals surface area contributed by atoms with Gasteiger partial charge in [-0.15, -0.1) is 6.58 Å². The van der Waals surface area contributed by atoms with Gasteiger partial charge in [-0.25, -0.2) is 0 Å². The average Bonchev–Trinajstić information content (AvgIpc) is 2.09. The summed E-state index contributed by atoms with van der Waals surface area (Å²) in [5, 5.41) is 0. The molecule has 1 heterocycles. The number of ether oxygens (including phenoxy) is 1. The van der Waals surface area contributed by atoms with Crippen LogP contribution in [0, 0.1) is 0 Å². The third-order valence-corrected chi connectivity index (χ3v) is 1.49. The normalized spacial score (nSPS) is 9.62. The van der Waals surface area contributed by atoms with Crippen LogP contribution in [-0.2, 0) is 6.54 Å². The van der Waals surface area contributed by atoms with Gasteiger partial charge in [0.1, 0.15) is 5.82 Å². The molecule has 0 saturated heterocycles. The van der Waals surface area contributed by atoms with Crippen LogP contribution in [0.25, 0.3) is 0 Å². The predicted molar refractivity (Wildman–Crippen MR) is 49.7 cm³/mol. The van der Waals surface area contributed by atoms with E-state index in [0.29, 0.717) is 6.54 Å². The van der Waals surface area contributed by atoms with Gasteiger partial charge in [-0.1, -0.05) is 6.08 Å². The van der Waals surface area contributed by atoms with Crippen LogP contribution in [0.4, 0.5) is 5.82 Å². The second-order valence-corrected chi connectivity index (χ2v) is 2.41. The molecule has 0 aliphatic carbocycles. The third-order valence-electron chi connectivity index (χ3n) is 1.49. The van der Waals surface area contributed by atoms with Gasteiger partial charge in [0.2, 0.25) is 0 Å². The van der Waals surface area contributed by atoms with E-state index in [1.807, 2.05) is 0 Å². The van der Waals surface area contributed by atoms with Gasteiger partial charge in [0.25, 0.3) is 5.56 Å². The predicted octanol–water partition coefficient (Wildman–Crippen LogP) is 0.0201. The molecule has 0 spiro atoms. The van der Waals surface area contributed by atoms with Crippen LogP contribution in [0.2, 0.25) is 0 Å². The first kappa shape index (κ1) is 9.31. The molecule has 1 aromatic rings. The van der Waals surface area contributed by atoms with Crippen molar-refractivity contribution < 1.29 is 4.74 Å². The third kappa shape index (κ3) is 1.87. The highest BCUT2D eigenvalue weighted by Crippen LogP contribution is 2.05. The number of aromatic nitrogens is 2. The number of nitrogen functional groups attached to an aromatic ring is 1. The van der Waals surface area contributed by atoms with E-state index in [4.69, 9.17) is 10.5 Å². The zero-order valence-electron chi connectivity index (χ0n) is 7.36. The highest BCUT2D eigenvalue weighted by molar-refractivity contribution is 5.27. The van der Waals surface area contributed by atoms with Gasteiger partial charge in [0, 0.05) is 12.6 Å². The van der Waals surface area contributed by atoms with Gasteiger partial charge in [-0.05, 0) is 0 Å². The Morgan fingerprint density at radius 2 is 2.54 bits per heavy atom. The van der Waals surface area contributed by atoms with E-state index in [2.05, 4.69) is 11.6 Å². The summed E-state index contributed by atoms with van der Waals surface area (Å²) < 4.78 is 6.22. The van der Waals surface area contributed by atoms with Crippen LogP contribution < -0.4 is 16.0 Å². The van der Waals surface area contributed by atoms with Crippen LogP contribution in [-0.4, -0.2) is 16.7 Å². The van der Waals surface area contributed by atoms with Crippen molar-refractivity contribution in [1.29, 1.82) is 0 Å². The maximum Gasteiger partial charge on any atom is 0.301 e. The monoisotopic (exact) mass is 181 g/mol. The lowest BCUT2D eigenvalue weighted by Crippen LogP contribution is -2.22. The summed E-state index contributed by atoms with van der Waals surface area (Å²) >= 11 is 0. The Hall–Kier alpha value is -1.78. The molecule has 0 radical (unpaired) electrons. The molecule has 0 aliphatic rings. The number of anilines is 1. The second kappa shape index (κ2) is 3.75. The van der Waals surface area contributed by atoms with Crippen LogP contribution in [0.1, 0.15) is 0 Å². The average molecular weight is 181 g/mol. The van der Waals surface area contributed by atoms with E-state index in [1.54, 1.807) is 6.08 Å². The summed E-state index contributed by atoms with van der Waals surface area (Å²) in [6.07, 6.45) is 1.59. The van der Waals surface area contributed by atoms with E-state index < -0.39 is 0 Å². The number of allylic oxidation sites excluding steroid dienone is 1. The lowest BCUT2D eigenvalue weighted by atomic mass is 10.5. The van der Waals surface area contributed by atoms with E-state index in [1.165, 1.54) is 17.7 Å². The maximum atomic E-state index is 11.3. The number of rotatable bonds is 3. The largest absolute Gasteiger partial charge is 0.468 e. The zero-order chi connectivity index (χ0) is 9.84. The molecule has 70 valence electrons. The molecular formula is C8H11N3O2. The van der Waals surface area contributed by atoms with Gasteiger partial charge < -0.3 is 10.5 Å². The first-order valence-corrected chi connectivity index (χ1v) is 3.71. The molecule has 0 atom stereocenters. The summed E-state index contributed by atoms with van der Waals surface area (Å²) in [5.74, 6) is 0.155. The van der Waals surface area contributed by atoms with E-state index >= 15 is 0 Å². The Kier molecular flexibility index (Phi) is 2.69. The molecule has 13 heavy (non-hydrogen) atoms. The molecule has 5 heteroatoms. The van der Waals surface area contributed by atoms with Crippen LogP contribution in [0.15, 0.2) is 23.5 Å². The van der Waals surface area contributed by atoms with E-state index in [9.17, 15) is 4.79 Å². The van der Waals surface area contributed by atoms with Crippen molar-refractivity contribution in [2.24, 2.45) is 0 Å². The fourth-order valence-corrected chi connectivity index (χ4v) is 0.955. The van der Waals surface area contributed by atoms with E-state index in [-0.39, 0.29) is 17.4 Å². The topological polar surface area (TPSA) is 70.1 Å². The Morgan fingerprint density at radius 1 is 1.85 bits per heavy atom. The van der Waals surface area contributed by atoms with Gasteiger partial charge in [0.15, 0.2) is 0 Å². The van der Waals surface area contributed by atoms with Crippen molar-refractivity contribution in [2.45, 2.75) is 6.54 Å². The molecule has 0 amide bonds. The maximum absolute atomic E-state index is 11.3. The number of nitrogens with two attached hydrogens (primary N) is 1. The van der Waals surface area contributed by atoms with Crippen LogP contribution in [0.5, 0.6) is 6.01 Å². The summed E-state index contributed by atoms with van der Waals surface area (Å²) in [4.78, 5) is 15.2. The fraction of sp³-hybridized carbons (Fsp3) is 0.250. The Bertz CT molecular complexity index is 370. The van der Waals surface area contributed by atoms with Gasteiger partial charge >= 0.3 is 6.01 Å². The number of hydrogen-bond donors (Lipinski definition) is 1. The molecule has 0 saturated carbocycles. The quantitative estimate of drug-likeness (QED) is 0.667. The summed E-state index contributed by atoms with van der Waals surface area (Å²) in [5.41, 5.74) is 5.12. The summed E-state index contributed by atoms with van der Waals surface area (Å²) in [7, 11) is 1.43. The molecular weight excluding hydrogens is 170 g/mol. The molecule has 5 nitrogen and oxygen atoms in total. The molecule has 1 aromatic heterocycles. The van der Waals surface area contributed by atoms with Gasteiger partial charge in [0.05, 0.1) is 7.11 Å². The van der Waals surface area contributed by atoms with Crippen molar-refractivity contribution >= 4 is 5.82 Å². The molecule has 0 fully saturated rings. The van der Waals surface area contributed by atoms with E-state index in [0.717, 1.165) is 0 Å². The zero-order valence-corrected chi connectivity index (χ0v) is 7.36. The molecule has 0 unspecified atom stereocenters. The molecule has 0 aromatic carbocycles. The minimum absolute atomic E-state index is 0.155. The van der Waals surface area contributed by atoms with Crippen molar-refractivity contribution in [2.75, 3.05) is 12.8 Å². The number of methoxy groups -OCH3 is 1. The van der Waals surface area contributed by atoms with Crippen molar-refractivity contribution in [3.8, 4) is 6.01 Å². The van der Waals surface area contributed by atoms with Crippen LogP contribution in [0.3, 0.4) is 0 Å². The lowest BCUT2D eigenvalue weighted by molar-refractivity contribution is 0.353. The second-order valence-electron chi connectivity index (χ2n) is 2.41. The molecule has 1 rings (SSSR count). The fourth-order valence-electron chi connectivity index (χ4n) is 0.955. The lowest BCUT2D eigenvalue weighted by Gasteiger charge is -2.07. The Balaban J connectivity index is 3.29. The smallest absolute Gasteiger partial charge is 0.301 e. The van der Waals surface area contributed by atoms with Gasteiger partial charge in [-0.3, -0.25) is 9.36 Å². The van der Waals surface area contributed by atoms with Crippen molar-refractivity contribution in [3.05, 3.63) is 29.1 Å². The SMILES string of the molecule is C=CCn1c(OC)nc(N)cc1=O. The highest BCUT2D eigenvalue weighted by atomic mass is 16.5. The summed E-state index contributed by atoms with van der Waals surface area (Å²) in [6.45, 7) is 3.88. The molecule has 0 aliphatic heterocycles. The van der Waals surface area contributed by atoms with Crippen molar-refractivity contribution in [1.82, 2.24) is 9.55 Å². The van der Waals surface area contributed by atoms with Crippen molar-refractivity contribution in [3.63, 3.8) is 0 Å². The molecule has 0 bridgehead atoms. The minimum Gasteiger partial charge on any atom is -0.468 e. The van der Waals surface area contributed by atoms with Crippen LogP contribution >= 0.6 is 0 Å². The Labute approximate surface area is 75.5 Å². The molecule has 2 N–H and O–H groups in total. The van der Waals surface area contributed by atoms with Gasteiger partial charge in [-0.2, -0.15) is 4.98 Å².